The van der Waals surface area contributed by atoms with E-state index in [0.29, 0.717) is 5.56 Å². The van der Waals surface area contributed by atoms with Crippen LogP contribution in [0, 0.1) is 0 Å². The predicted octanol–water partition coefficient (Wildman–Crippen LogP) is 2.42. The Morgan fingerprint density at radius 3 is 2.07 bits per heavy atom. The molecule has 1 fully saturated rings. The molecule has 0 unspecified atom stereocenters. The summed E-state index contributed by atoms with van der Waals surface area (Å²) >= 11 is 0. The van der Waals surface area contributed by atoms with Crippen molar-refractivity contribution in [3.05, 3.63) is 71.3 Å². The third-order valence-corrected chi connectivity index (χ3v) is 4.79. The summed E-state index contributed by atoms with van der Waals surface area (Å²) in [5.41, 5.74) is -0.474. The molecule has 2 aromatic rings. The van der Waals surface area contributed by atoms with Crippen molar-refractivity contribution in [2.24, 2.45) is 0 Å². The molecular formula is C21H20F3N3O3. The van der Waals surface area contributed by atoms with Crippen LogP contribution in [-0.2, 0) is 11.0 Å². The molecule has 9 heteroatoms. The largest absolute Gasteiger partial charge is 0.416 e. The van der Waals surface area contributed by atoms with Crippen molar-refractivity contribution in [1.29, 1.82) is 0 Å². The van der Waals surface area contributed by atoms with E-state index in [-0.39, 0.29) is 50.1 Å². The Hall–Kier alpha value is -3.36. The summed E-state index contributed by atoms with van der Waals surface area (Å²) in [5, 5.41) is 2.56. The summed E-state index contributed by atoms with van der Waals surface area (Å²) in [6.45, 7) is 0.714. The number of nitrogens with one attached hydrogen (secondary N) is 1. The predicted molar refractivity (Wildman–Crippen MR) is 103 cm³/mol. The topological polar surface area (TPSA) is 69.7 Å². The Bertz CT molecular complexity index is 924. The van der Waals surface area contributed by atoms with Crippen LogP contribution in [0.5, 0.6) is 0 Å². The first kappa shape index (κ1) is 21.4. The molecule has 1 heterocycles. The molecule has 0 aliphatic carbocycles. The molecule has 158 valence electrons. The number of hydrogen-bond donors (Lipinski definition) is 1. The summed E-state index contributed by atoms with van der Waals surface area (Å²) in [7, 11) is 0. The van der Waals surface area contributed by atoms with E-state index in [1.807, 2.05) is 0 Å². The van der Waals surface area contributed by atoms with Crippen LogP contribution in [0.15, 0.2) is 54.6 Å². The van der Waals surface area contributed by atoms with Gasteiger partial charge in [0, 0.05) is 37.3 Å². The van der Waals surface area contributed by atoms with Gasteiger partial charge in [0.05, 0.1) is 12.1 Å². The van der Waals surface area contributed by atoms with Gasteiger partial charge in [0.2, 0.25) is 5.91 Å². The number of piperazine rings is 1. The first-order valence-corrected chi connectivity index (χ1v) is 9.33. The van der Waals surface area contributed by atoms with E-state index in [9.17, 15) is 27.6 Å². The minimum atomic E-state index is -4.52. The molecule has 1 saturated heterocycles. The van der Waals surface area contributed by atoms with Crippen molar-refractivity contribution in [3.8, 4) is 0 Å². The van der Waals surface area contributed by atoms with Crippen LogP contribution >= 0.6 is 0 Å². The molecule has 3 amide bonds. The highest BCUT2D eigenvalue weighted by Gasteiger charge is 2.32. The molecule has 0 aromatic heterocycles. The van der Waals surface area contributed by atoms with Crippen molar-refractivity contribution in [1.82, 2.24) is 15.1 Å². The number of carbonyl (C=O) groups is 3. The highest BCUT2D eigenvalue weighted by atomic mass is 19.4. The second-order valence-electron chi connectivity index (χ2n) is 6.80. The van der Waals surface area contributed by atoms with E-state index in [1.165, 1.54) is 21.9 Å². The number of amides is 3. The Balaban J connectivity index is 1.51. The molecule has 3 rings (SSSR count). The highest BCUT2D eigenvalue weighted by Crippen LogP contribution is 2.29. The van der Waals surface area contributed by atoms with Crippen LogP contribution in [0.25, 0.3) is 0 Å². The van der Waals surface area contributed by atoms with Gasteiger partial charge in [0.25, 0.3) is 11.8 Å². The van der Waals surface area contributed by atoms with Gasteiger partial charge in [-0.25, -0.2) is 0 Å². The van der Waals surface area contributed by atoms with Crippen molar-refractivity contribution in [3.63, 3.8) is 0 Å². The van der Waals surface area contributed by atoms with Crippen molar-refractivity contribution in [2.45, 2.75) is 6.18 Å². The normalized spacial score (nSPS) is 14.4. The first-order chi connectivity index (χ1) is 14.3. The Kier molecular flexibility index (Phi) is 6.39. The molecule has 0 atom stereocenters. The van der Waals surface area contributed by atoms with E-state index in [1.54, 1.807) is 30.3 Å². The van der Waals surface area contributed by atoms with Crippen LogP contribution in [0.1, 0.15) is 26.3 Å². The second-order valence-corrected chi connectivity index (χ2v) is 6.80. The van der Waals surface area contributed by atoms with Gasteiger partial charge >= 0.3 is 6.18 Å². The molecule has 1 N–H and O–H groups in total. The number of halogens is 3. The fraction of sp³-hybridized carbons (Fsp3) is 0.286. The molecule has 0 spiro atoms. The van der Waals surface area contributed by atoms with Crippen LogP contribution in [-0.4, -0.2) is 60.2 Å². The van der Waals surface area contributed by atoms with E-state index in [4.69, 9.17) is 0 Å². The van der Waals surface area contributed by atoms with Gasteiger partial charge < -0.3 is 15.1 Å². The third-order valence-electron chi connectivity index (χ3n) is 4.79. The second kappa shape index (κ2) is 8.98. The maximum Gasteiger partial charge on any atom is 0.416 e. The summed E-state index contributed by atoms with van der Waals surface area (Å²) in [6.07, 6.45) is -4.52. The minimum Gasteiger partial charge on any atom is -0.343 e. The average molecular weight is 419 g/mol. The number of nitrogens with zero attached hydrogens (tertiary/aromatic N) is 2. The van der Waals surface area contributed by atoms with E-state index >= 15 is 0 Å². The third kappa shape index (κ3) is 5.16. The smallest absolute Gasteiger partial charge is 0.343 e. The lowest BCUT2D eigenvalue weighted by Gasteiger charge is -2.35. The lowest BCUT2D eigenvalue weighted by Crippen LogP contribution is -2.52. The SMILES string of the molecule is O=C(NCC(=O)N1CCN(C(=O)c2cccc(C(F)(F)F)c2)CC1)c1ccccc1. The summed E-state index contributed by atoms with van der Waals surface area (Å²) in [4.78, 5) is 39.8. The van der Waals surface area contributed by atoms with Crippen molar-refractivity contribution in [2.75, 3.05) is 32.7 Å². The van der Waals surface area contributed by atoms with Gasteiger partial charge in [0.1, 0.15) is 0 Å². The molecule has 0 saturated carbocycles. The lowest BCUT2D eigenvalue weighted by molar-refractivity contribution is -0.137. The summed E-state index contributed by atoms with van der Waals surface area (Å²) in [5.74, 6) is -1.15. The quantitative estimate of drug-likeness (QED) is 0.828. The lowest BCUT2D eigenvalue weighted by atomic mass is 10.1. The first-order valence-electron chi connectivity index (χ1n) is 9.33. The Labute approximate surface area is 171 Å². The molecule has 30 heavy (non-hydrogen) atoms. The van der Waals surface area contributed by atoms with Crippen LogP contribution in [0.2, 0.25) is 0 Å². The molecule has 1 aliphatic heterocycles. The zero-order chi connectivity index (χ0) is 21.7. The fourth-order valence-corrected chi connectivity index (χ4v) is 3.13. The van der Waals surface area contributed by atoms with E-state index in [0.717, 1.165) is 12.1 Å². The fourth-order valence-electron chi connectivity index (χ4n) is 3.13. The average Bonchev–Trinajstić information content (AvgIpc) is 2.77. The molecule has 0 radical (unpaired) electrons. The highest BCUT2D eigenvalue weighted by molar-refractivity contribution is 5.96. The molecule has 6 nitrogen and oxygen atoms in total. The monoisotopic (exact) mass is 419 g/mol. The van der Waals surface area contributed by atoms with Gasteiger partial charge in [-0.15, -0.1) is 0 Å². The summed E-state index contributed by atoms with van der Waals surface area (Å²) in [6, 6.07) is 12.8. The van der Waals surface area contributed by atoms with Crippen LogP contribution < -0.4 is 5.32 Å². The summed E-state index contributed by atoms with van der Waals surface area (Å²) < 4.78 is 38.6. The minimum absolute atomic E-state index is 0.0419. The van der Waals surface area contributed by atoms with E-state index < -0.39 is 17.6 Å². The standard InChI is InChI=1S/C21H20F3N3O3/c22-21(23,24)17-8-4-7-16(13-17)20(30)27-11-9-26(10-12-27)18(28)14-25-19(29)15-5-2-1-3-6-15/h1-8,13H,9-12,14H2,(H,25,29). The maximum atomic E-state index is 12.9. The van der Waals surface area contributed by atoms with Crippen molar-refractivity contribution >= 4 is 17.7 Å². The number of hydrogen-bond acceptors (Lipinski definition) is 3. The molecular weight excluding hydrogens is 399 g/mol. The number of carbonyl (C=O) groups excluding carboxylic acids is 3. The molecule has 0 bridgehead atoms. The van der Waals surface area contributed by atoms with Gasteiger partial charge in [-0.1, -0.05) is 24.3 Å². The zero-order valence-corrected chi connectivity index (χ0v) is 16.0. The number of rotatable bonds is 4. The molecule has 1 aliphatic rings. The van der Waals surface area contributed by atoms with Crippen molar-refractivity contribution < 1.29 is 27.6 Å². The molecule has 2 aromatic carbocycles. The Morgan fingerprint density at radius 1 is 0.833 bits per heavy atom. The maximum absolute atomic E-state index is 12.9. The van der Waals surface area contributed by atoms with Gasteiger partial charge in [-0.2, -0.15) is 13.2 Å². The van der Waals surface area contributed by atoms with E-state index in [2.05, 4.69) is 5.32 Å². The number of benzene rings is 2. The van der Waals surface area contributed by atoms with Gasteiger partial charge in [0.15, 0.2) is 0 Å². The van der Waals surface area contributed by atoms with Gasteiger partial charge in [-0.05, 0) is 30.3 Å². The number of alkyl halides is 3. The van der Waals surface area contributed by atoms with Crippen LogP contribution in [0.3, 0.4) is 0 Å². The van der Waals surface area contributed by atoms with Crippen LogP contribution in [0.4, 0.5) is 13.2 Å². The van der Waals surface area contributed by atoms with Gasteiger partial charge in [-0.3, -0.25) is 14.4 Å². The zero-order valence-electron chi connectivity index (χ0n) is 16.0. The Morgan fingerprint density at radius 2 is 1.43 bits per heavy atom.